The van der Waals surface area contributed by atoms with Crippen LogP contribution in [0.5, 0.6) is 0 Å². The molecule has 0 aliphatic heterocycles. The van der Waals surface area contributed by atoms with E-state index in [2.05, 4.69) is 25.7 Å². The monoisotopic (exact) mass is 400 g/mol. The first-order valence-electron chi connectivity index (χ1n) is 9.33. The van der Waals surface area contributed by atoms with E-state index in [1.807, 2.05) is 6.07 Å². The number of nitrogens with zero attached hydrogens (tertiary/aromatic N) is 2. The lowest BCUT2D eigenvalue weighted by Crippen LogP contribution is -2.50. The average molecular weight is 401 g/mol. The van der Waals surface area contributed by atoms with Crippen molar-refractivity contribution in [2.24, 2.45) is 0 Å². The van der Waals surface area contributed by atoms with E-state index in [1.165, 1.54) is 24.6 Å². The molecule has 1 unspecified atom stereocenters. The van der Waals surface area contributed by atoms with Gasteiger partial charge < -0.3 is 10.1 Å². The lowest BCUT2D eigenvalue weighted by Gasteiger charge is -2.28. The van der Waals surface area contributed by atoms with Crippen LogP contribution in [-0.2, 0) is 10.0 Å². The Kier molecular flexibility index (Phi) is 4.52. The van der Waals surface area contributed by atoms with E-state index in [1.54, 1.807) is 39.2 Å². The maximum absolute atomic E-state index is 12.6. The number of aliphatic hydroxyl groups excluding tert-OH is 1. The van der Waals surface area contributed by atoms with Crippen molar-refractivity contribution in [2.45, 2.75) is 56.2 Å². The van der Waals surface area contributed by atoms with Crippen LogP contribution in [0.3, 0.4) is 0 Å². The van der Waals surface area contributed by atoms with Gasteiger partial charge in [-0.25, -0.2) is 23.1 Å². The number of pyridine rings is 2. The summed E-state index contributed by atoms with van der Waals surface area (Å²) in [7, 11) is -3.84. The fourth-order valence-electron chi connectivity index (χ4n) is 3.10. The number of aliphatic hydroxyl groups is 1. The third-order valence-electron chi connectivity index (χ3n) is 5.33. The van der Waals surface area contributed by atoms with Crippen LogP contribution in [-0.4, -0.2) is 40.1 Å². The zero-order valence-corrected chi connectivity index (χ0v) is 16.9. The second-order valence-electron chi connectivity index (χ2n) is 8.01. The number of aromatic amines is 1. The molecule has 1 saturated carbocycles. The highest BCUT2D eigenvalue weighted by Gasteiger charge is 2.31. The summed E-state index contributed by atoms with van der Waals surface area (Å²) >= 11 is 0. The maximum atomic E-state index is 12.6. The molecule has 0 radical (unpaired) electrons. The van der Waals surface area contributed by atoms with Gasteiger partial charge in [0.2, 0.25) is 0 Å². The maximum Gasteiger partial charge on any atom is 0.258 e. The quantitative estimate of drug-likeness (QED) is 0.590. The molecule has 7 nitrogen and oxygen atoms in total. The first kappa shape index (κ1) is 19.0. The van der Waals surface area contributed by atoms with Gasteiger partial charge in [0, 0.05) is 29.0 Å². The van der Waals surface area contributed by atoms with Crippen molar-refractivity contribution in [1.29, 1.82) is 0 Å². The molecule has 0 spiro atoms. The Morgan fingerprint density at radius 1 is 1.25 bits per heavy atom. The van der Waals surface area contributed by atoms with Crippen LogP contribution in [0.2, 0.25) is 0 Å². The zero-order chi connectivity index (χ0) is 20.1. The Bertz CT molecular complexity index is 1110. The smallest absolute Gasteiger partial charge is 0.258 e. The van der Waals surface area contributed by atoms with Crippen LogP contribution in [0, 0.1) is 0 Å². The minimum atomic E-state index is -3.84. The van der Waals surface area contributed by atoms with Gasteiger partial charge in [-0.1, -0.05) is 0 Å². The Hall–Kier alpha value is -2.29. The lowest BCUT2D eigenvalue weighted by molar-refractivity contribution is 0.111. The number of aromatic nitrogens is 3. The van der Waals surface area contributed by atoms with Gasteiger partial charge in [0.15, 0.2) is 5.03 Å². The van der Waals surface area contributed by atoms with Crippen molar-refractivity contribution in [3.63, 3.8) is 0 Å². The van der Waals surface area contributed by atoms with Gasteiger partial charge in [0.1, 0.15) is 5.65 Å². The summed E-state index contributed by atoms with van der Waals surface area (Å²) in [6, 6.07) is 7.27. The standard InChI is InChI=1S/C20H24N4O3S/c1-12(25)20(2,3)24-28(26,27)18-7-6-14(11-22-18)15-8-9-21-19-16(15)10-17(23-19)13-4-5-13/h6-13,24-25H,4-5H2,1-3H3,(H,21,23). The topological polar surface area (TPSA) is 108 Å². The van der Waals surface area contributed by atoms with E-state index in [9.17, 15) is 13.5 Å². The highest BCUT2D eigenvalue weighted by Crippen LogP contribution is 2.41. The van der Waals surface area contributed by atoms with Gasteiger partial charge in [-0.3, -0.25) is 0 Å². The number of hydrogen-bond donors (Lipinski definition) is 3. The molecule has 0 bridgehead atoms. The summed E-state index contributed by atoms with van der Waals surface area (Å²) in [6.45, 7) is 4.79. The summed E-state index contributed by atoms with van der Waals surface area (Å²) in [5.74, 6) is 0.594. The van der Waals surface area contributed by atoms with E-state index in [0.29, 0.717) is 5.92 Å². The SMILES string of the molecule is CC(O)C(C)(C)NS(=O)(=O)c1ccc(-c2ccnc3[nH]c(C4CC4)cc23)cn1. The molecule has 0 saturated heterocycles. The molecule has 1 aliphatic carbocycles. The molecule has 3 aromatic rings. The first-order chi connectivity index (χ1) is 13.2. The van der Waals surface area contributed by atoms with Crippen molar-refractivity contribution in [1.82, 2.24) is 19.7 Å². The molecule has 0 amide bonds. The molecule has 3 aromatic heterocycles. The van der Waals surface area contributed by atoms with E-state index in [0.717, 1.165) is 22.2 Å². The van der Waals surface area contributed by atoms with Crippen LogP contribution in [0.15, 0.2) is 41.7 Å². The molecule has 3 N–H and O–H groups in total. The van der Waals surface area contributed by atoms with Gasteiger partial charge in [-0.05, 0) is 69.4 Å². The van der Waals surface area contributed by atoms with Gasteiger partial charge in [0.05, 0.1) is 11.6 Å². The molecule has 3 heterocycles. The second-order valence-corrected chi connectivity index (χ2v) is 9.64. The summed E-state index contributed by atoms with van der Waals surface area (Å²) in [6.07, 6.45) is 4.85. The predicted molar refractivity (Wildman–Crippen MR) is 107 cm³/mol. The van der Waals surface area contributed by atoms with Crippen LogP contribution in [0.4, 0.5) is 0 Å². The summed E-state index contributed by atoms with van der Waals surface area (Å²) in [5, 5.41) is 10.7. The summed E-state index contributed by atoms with van der Waals surface area (Å²) in [5.41, 5.74) is 2.81. The number of nitrogens with one attached hydrogen (secondary N) is 2. The Balaban J connectivity index is 1.66. The Morgan fingerprint density at radius 2 is 2.00 bits per heavy atom. The number of rotatable bonds is 6. The normalized spacial score (nSPS) is 16.4. The number of fused-ring (bicyclic) bond motifs is 1. The molecular formula is C20H24N4O3S. The van der Waals surface area contributed by atoms with E-state index >= 15 is 0 Å². The highest BCUT2D eigenvalue weighted by molar-refractivity contribution is 7.89. The second kappa shape index (κ2) is 6.65. The van der Waals surface area contributed by atoms with Crippen molar-refractivity contribution in [2.75, 3.05) is 0 Å². The van der Waals surface area contributed by atoms with Crippen molar-refractivity contribution < 1.29 is 13.5 Å². The van der Waals surface area contributed by atoms with Gasteiger partial charge >= 0.3 is 0 Å². The Labute approximate surface area is 164 Å². The first-order valence-corrected chi connectivity index (χ1v) is 10.8. The average Bonchev–Trinajstić information content (AvgIpc) is 3.39. The molecule has 1 fully saturated rings. The molecule has 4 rings (SSSR count). The molecular weight excluding hydrogens is 376 g/mol. The molecule has 28 heavy (non-hydrogen) atoms. The summed E-state index contributed by atoms with van der Waals surface area (Å²) in [4.78, 5) is 12.0. The highest BCUT2D eigenvalue weighted by atomic mass is 32.2. The minimum Gasteiger partial charge on any atom is -0.391 e. The molecule has 1 aliphatic rings. The fourth-order valence-corrected chi connectivity index (χ4v) is 4.50. The molecule has 148 valence electrons. The van der Waals surface area contributed by atoms with E-state index in [4.69, 9.17) is 0 Å². The van der Waals surface area contributed by atoms with Crippen LogP contribution >= 0.6 is 0 Å². The van der Waals surface area contributed by atoms with Gasteiger partial charge in [-0.2, -0.15) is 0 Å². The van der Waals surface area contributed by atoms with Gasteiger partial charge in [0.25, 0.3) is 10.0 Å². The van der Waals surface area contributed by atoms with Gasteiger partial charge in [-0.15, -0.1) is 0 Å². The molecule has 0 aromatic carbocycles. The molecule has 1 atom stereocenters. The third-order valence-corrected chi connectivity index (χ3v) is 6.92. The van der Waals surface area contributed by atoms with Crippen molar-refractivity contribution in [3.8, 4) is 11.1 Å². The fraction of sp³-hybridized carbons (Fsp3) is 0.400. The third kappa shape index (κ3) is 3.55. The number of sulfonamides is 1. The zero-order valence-electron chi connectivity index (χ0n) is 16.1. The van der Waals surface area contributed by atoms with E-state index in [-0.39, 0.29) is 5.03 Å². The number of hydrogen-bond acceptors (Lipinski definition) is 5. The molecule has 8 heteroatoms. The van der Waals surface area contributed by atoms with Crippen molar-refractivity contribution in [3.05, 3.63) is 42.4 Å². The van der Waals surface area contributed by atoms with E-state index < -0.39 is 21.7 Å². The van der Waals surface area contributed by atoms with Crippen LogP contribution < -0.4 is 4.72 Å². The minimum absolute atomic E-state index is 0.0805. The van der Waals surface area contributed by atoms with Crippen molar-refractivity contribution >= 4 is 21.1 Å². The Morgan fingerprint density at radius 3 is 2.61 bits per heavy atom. The number of H-pyrrole nitrogens is 1. The largest absolute Gasteiger partial charge is 0.391 e. The lowest BCUT2D eigenvalue weighted by atomic mass is 10.0. The van der Waals surface area contributed by atoms with Crippen LogP contribution in [0.25, 0.3) is 22.2 Å². The van der Waals surface area contributed by atoms with Crippen LogP contribution in [0.1, 0.15) is 45.2 Å². The predicted octanol–water partition coefficient (Wildman–Crippen LogP) is 2.94. The summed E-state index contributed by atoms with van der Waals surface area (Å²) < 4.78 is 27.7.